The summed E-state index contributed by atoms with van der Waals surface area (Å²) >= 11 is 2.17. The Labute approximate surface area is 595 Å². The number of aldehydes is 2. The summed E-state index contributed by atoms with van der Waals surface area (Å²) in [5.41, 5.74) is 16.6. The highest BCUT2D eigenvalue weighted by molar-refractivity contribution is 7.17. The number of anilines is 2. The normalized spacial score (nSPS) is 12.2. The van der Waals surface area contributed by atoms with Crippen LogP contribution < -0.4 is 59.7 Å². The minimum atomic E-state index is -1.15. The van der Waals surface area contributed by atoms with Crippen molar-refractivity contribution < 1.29 is 96.8 Å². The monoisotopic (exact) mass is 1470 g/mol. The third-order valence-corrected chi connectivity index (χ3v) is 15.8. The number of primary amides is 1. The van der Waals surface area contributed by atoms with Gasteiger partial charge in [-0.3, -0.25) is 81.5 Å². The summed E-state index contributed by atoms with van der Waals surface area (Å²) in [6.45, 7) is 6.77. The SMILES string of the molecule is C[C@H](N)C(=O)NCCN.C[C@H](NC(=O)CCC(=O)CNc1ncc(C=O)s1)C(=O)CCC(=O)N[C@@H](Cc1ccc(O)cc1)C(=O)CCC(=O)O.C[C@H](NC(=O)CCC(=O)[C@H](Cc1ccc(O)cc1)NC(=O)CCC(=O)[C@H](C)NC(=O)CCC(=O)CNc1ncc(C=O)s1)C(=O)CCC(N)=O.Cl. The number of ketones is 7. The lowest BCUT2D eigenvalue weighted by atomic mass is 9.98. The van der Waals surface area contributed by atoms with Crippen molar-refractivity contribution in [1.29, 1.82) is 0 Å². The molecule has 0 saturated heterocycles. The molecule has 6 atom stereocenters. The van der Waals surface area contributed by atoms with Crippen molar-refractivity contribution in [2.24, 2.45) is 17.2 Å². The number of phenols is 2. The van der Waals surface area contributed by atoms with Gasteiger partial charge in [0.15, 0.2) is 63.3 Å². The molecule has 2 heterocycles. The first kappa shape index (κ1) is 88.9. The van der Waals surface area contributed by atoms with E-state index in [1.54, 1.807) is 31.2 Å². The average molecular weight is 1470 g/mol. The largest absolute Gasteiger partial charge is 0.508 e. The predicted octanol–water partition coefficient (Wildman–Crippen LogP) is 0.961. The van der Waals surface area contributed by atoms with Crippen LogP contribution in [-0.2, 0) is 84.8 Å². The Balaban J connectivity index is 0.000000902. The van der Waals surface area contributed by atoms with Gasteiger partial charge in [0.05, 0.1) is 77.9 Å². The molecule has 0 aliphatic rings. The first-order chi connectivity index (χ1) is 47.3. The molecule has 0 aliphatic heterocycles. The summed E-state index contributed by atoms with van der Waals surface area (Å²) in [5.74, 6) is -7.56. The molecule has 33 nitrogen and oxygen atoms in total. The van der Waals surface area contributed by atoms with Gasteiger partial charge in [-0.05, 0) is 75.9 Å². The van der Waals surface area contributed by atoms with E-state index in [0.717, 1.165) is 22.7 Å². The number of carboxylic acid groups (broad SMARTS) is 1. The maximum Gasteiger partial charge on any atom is 0.303 e. The number of benzene rings is 2. The smallest absolute Gasteiger partial charge is 0.303 e. The molecule has 7 amide bonds. The third-order valence-electron chi connectivity index (χ3n) is 14.1. The van der Waals surface area contributed by atoms with Crippen molar-refractivity contribution in [3.8, 4) is 11.5 Å². The number of rotatable bonds is 46. The molecule has 0 bridgehead atoms. The van der Waals surface area contributed by atoms with Crippen LogP contribution in [0.3, 0.4) is 0 Å². The third kappa shape index (κ3) is 39.3. The number of hydrogen-bond acceptors (Lipinski definition) is 27. The van der Waals surface area contributed by atoms with Crippen molar-refractivity contribution >= 4 is 146 Å². The van der Waals surface area contributed by atoms with Gasteiger partial charge in [0.25, 0.3) is 0 Å². The second-order valence-electron chi connectivity index (χ2n) is 22.6. The molecule has 101 heavy (non-hydrogen) atoms. The number of nitrogens with one attached hydrogen (secondary N) is 8. The number of nitrogens with zero attached hydrogens (tertiary/aromatic N) is 2. The van der Waals surface area contributed by atoms with Crippen molar-refractivity contribution in [2.45, 2.75) is 167 Å². The van der Waals surface area contributed by atoms with E-state index in [1.165, 1.54) is 57.4 Å². The summed E-state index contributed by atoms with van der Waals surface area (Å²) < 4.78 is 0. The Hall–Kier alpha value is -10.1. The molecule has 0 fully saturated rings. The van der Waals surface area contributed by atoms with Crippen molar-refractivity contribution in [2.75, 3.05) is 36.8 Å². The molecule has 2 aromatic heterocycles. The van der Waals surface area contributed by atoms with Crippen LogP contribution in [0.25, 0.3) is 0 Å². The van der Waals surface area contributed by atoms with Gasteiger partial charge in [-0.1, -0.05) is 46.9 Å². The van der Waals surface area contributed by atoms with Crippen LogP contribution in [-0.4, -0.2) is 188 Å². The van der Waals surface area contributed by atoms with E-state index in [4.69, 9.17) is 22.3 Å². The van der Waals surface area contributed by atoms with Gasteiger partial charge in [0, 0.05) is 96.6 Å². The van der Waals surface area contributed by atoms with Gasteiger partial charge in [-0.25, -0.2) is 9.97 Å². The van der Waals surface area contributed by atoms with Gasteiger partial charge in [-0.15, -0.1) is 12.4 Å². The lowest BCUT2D eigenvalue weighted by Crippen LogP contribution is -2.44. The van der Waals surface area contributed by atoms with Crippen LogP contribution in [0, 0.1) is 0 Å². The number of nitrogens with two attached hydrogens (primary N) is 3. The average Bonchev–Trinajstić information content (AvgIpc) is 1.72. The topological polar surface area (TPSA) is 551 Å². The number of carbonyl (C=O) groups is 17. The maximum atomic E-state index is 13.1. The highest BCUT2D eigenvalue weighted by Crippen LogP contribution is 2.19. The van der Waals surface area contributed by atoms with E-state index in [-0.39, 0.29) is 151 Å². The standard InChI is InChI=1S/C33H42N6O10S.C27H32N4O9S.C5H13N3O.ClH/c1-19(26(43)8-11-29(34)46)38-31(48)14-10-28(45)25(15-21-3-5-22(41)6-4-21)39-32(49)13-9-27(44)20(2)37-30(47)12-7-23(42)16-35-33-36-17-24(18-40)50-33;1-16(30-24(37)9-6-19(34)13-28-27-29-14-20(15-32)41-27)22(35)7-10-25(38)31-21(23(36)8-11-26(39)40)12-17-2-4-18(33)5-3-17;1-4(7)5(9)8-3-2-6;/h3-6,17-20,25,41H,7-16H2,1-2H3,(H2,34,46)(H,35,36)(H,37,47)(H,38,48)(H,39,49);2-5,14-16,21,33H,6-13H2,1H3,(H,28,29)(H,30,37)(H,31,38)(H,39,40);4H,2-3,6-7H2,1H3,(H,8,9);1H/t19-,20-,25-;16-,21-;4-;/m000./s1. The van der Waals surface area contributed by atoms with Crippen molar-refractivity contribution in [1.82, 2.24) is 41.9 Å². The van der Waals surface area contributed by atoms with Crippen LogP contribution in [0.1, 0.15) is 148 Å². The van der Waals surface area contributed by atoms with Crippen LogP contribution in [0.4, 0.5) is 10.3 Å². The fourth-order valence-electron chi connectivity index (χ4n) is 8.36. The number of aromatic hydroxyl groups is 2. The number of hydrogen-bond donors (Lipinski definition) is 14. The van der Waals surface area contributed by atoms with Crippen molar-refractivity contribution in [3.63, 3.8) is 0 Å². The summed E-state index contributed by atoms with van der Waals surface area (Å²) in [6, 6.07) is 6.67. The zero-order valence-electron chi connectivity index (χ0n) is 56.2. The molecule has 0 saturated carbocycles. The second-order valence-corrected chi connectivity index (χ2v) is 24.7. The van der Waals surface area contributed by atoms with E-state index in [9.17, 15) is 91.7 Å². The Kier molecular flexibility index (Phi) is 42.8. The summed E-state index contributed by atoms with van der Waals surface area (Å²) in [6.07, 6.45) is 1.09. The lowest BCUT2D eigenvalue weighted by Gasteiger charge is -2.19. The molecule has 4 aromatic rings. The number of phenolic OH excluding ortho intramolecular Hbond substituents is 2. The molecule has 4 rings (SSSR count). The molecule has 17 N–H and O–H groups in total. The zero-order chi connectivity index (χ0) is 74.9. The van der Waals surface area contributed by atoms with E-state index in [0.29, 0.717) is 56.8 Å². The Morgan fingerprint density at radius 2 is 0.802 bits per heavy atom. The predicted molar refractivity (Wildman–Crippen MR) is 372 cm³/mol. The fourth-order valence-corrected chi connectivity index (χ4v) is 9.61. The summed E-state index contributed by atoms with van der Waals surface area (Å²) in [7, 11) is 0. The van der Waals surface area contributed by atoms with E-state index >= 15 is 0 Å². The molecular weight excluding hydrogens is 1380 g/mol. The quantitative estimate of drug-likeness (QED) is 0.0274. The van der Waals surface area contributed by atoms with Gasteiger partial charge in [0.2, 0.25) is 41.4 Å². The molecule has 2 aromatic carbocycles. The number of carbonyl (C=O) groups excluding carboxylic acids is 16. The number of carboxylic acids is 1. The summed E-state index contributed by atoms with van der Waals surface area (Å²) in [4.78, 5) is 212. The van der Waals surface area contributed by atoms with Crippen molar-refractivity contribution in [3.05, 3.63) is 81.8 Å². The Morgan fingerprint density at radius 1 is 0.475 bits per heavy atom. The minimum absolute atomic E-state index is 0. The van der Waals surface area contributed by atoms with Crippen LogP contribution in [0.2, 0.25) is 0 Å². The fraction of sp³-hybridized carbons (Fsp3) is 0.462. The Morgan fingerprint density at radius 3 is 1.12 bits per heavy atom. The van der Waals surface area contributed by atoms with Crippen LogP contribution in [0.15, 0.2) is 60.9 Å². The van der Waals surface area contributed by atoms with Crippen LogP contribution >= 0.6 is 35.1 Å². The Bertz CT molecular complexity index is 3480. The number of Topliss-reactive ketones (excluding diaryl/α,β-unsaturated/α-hetero) is 7. The second kappa shape index (κ2) is 48.6. The maximum absolute atomic E-state index is 13.1. The number of thiazole rings is 2. The first-order valence-electron chi connectivity index (χ1n) is 31.5. The summed E-state index contributed by atoms with van der Waals surface area (Å²) in [5, 5.41) is 49.4. The number of halogens is 1. The van der Waals surface area contributed by atoms with Gasteiger partial charge < -0.3 is 75.1 Å². The zero-order valence-corrected chi connectivity index (χ0v) is 58.6. The van der Waals surface area contributed by atoms with Crippen LogP contribution in [0.5, 0.6) is 11.5 Å². The van der Waals surface area contributed by atoms with E-state index in [2.05, 4.69) is 52.5 Å². The molecule has 0 aliphatic carbocycles. The molecule has 0 unspecified atom stereocenters. The molecule has 552 valence electrons. The van der Waals surface area contributed by atoms with Gasteiger partial charge in [0.1, 0.15) is 11.5 Å². The molecular formula is C65H88ClN13O20S2. The van der Waals surface area contributed by atoms with E-state index in [1.807, 2.05) is 0 Å². The highest BCUT2D eigenvalue weighted by Gasteiger charge is 2.27. The lowest BCUT2D eigenvalue weighted by molar-refractivity contribution is -0.139. The highest BCUT2D eigenvalue weighted by atomic mass is 35.5. The van der Waals surface area contributed by atoms with Gasteiger partial charge >= 0.3 is 5.97 Å². The number of amides is 7. The molecule has 36 heteroatoms. The first-order valence-corrected chi connectivity index (χ1v) is 33.2. The minimum Gasteiger partial charge on any atom is -0.508 e. The number of aliphatic carboxylic acids is 1. The number of aromatic nitrogens is 2. The van der Waals surface area contributed by atoms with Gasteiger partial charge in [-0.2, -0.15) is 0 Å². The van der Waals surface area contributed by atoms with E-state index < -0.39 is 113 Å². The molecule has 0 radical (unpaired) electrons. The molecule has 0 spiro atoms.